The maximum absolute atomic E-state index is 13.2. The van der Waals surface area contributed by atoms with Crippen LogP contribution in [0.4, 0.5) is 10.2 Å². The SMILES string of the molecule is CC(C)(CC(=O)NCCC1CN(c2ccc3nccnc3n2)CCS1(=O)=O)c1ccc(F)cc1. The predicted molar refractivity (Wildman–Crippen MR) is 129 cm³/mol. The number of sulfone groups is 1. The second-order valence-electron chi connectivity index (χ2n) is 9.21. The number of carbonyl (C=O) groups excluding carboxylic acids is 1. The van der Waals surface area contributed by atoms with Gasteiger partial charge >= 0.3 is 0 Å². The molecule has 0 spiro atoms. The highest BCUT2D eigenvalue weighted by molar-refractivity contribution is 7.92. The molecule has 10 heteroatoms. The van der Waals surface area contributed by atoms with Crippen LogP contribution in [0.3, 0.4) is 0 Å². The van der Waals surface area contributed by atoms with Crippen LogP contribution in [0.1, 0.15) is 32.3 Å². The summed E-state index contributed by atoms with van der Waals surface area (Å²) in [6, 6.07) is 9.77. The van der Waals surface area contributed by atoms with Crippen molar-refractivity contribution in [1.29, 1.82) is 0 Å². The summed E-state index contributed by atoms with van der Waals surface area (Å²) in [6.07, 6.45) is 3.70. The molecule has 1 unspecified atom stereocenters. The van der Waals surface area contributed by atoms with Gasteiger partial charge in [-0.15, -0.1) is 0 Å². The minimum atomic E-state index is -3.27. The molecule has 1 atom stereocenters. The topological polar surface area (TPSA) is 105 Å². The Morgan fingerprint density at radius 2 is 1.88 bits per heavy atom. The van der Waals surface area contributed by atoms with Gasteiger partial charge < -0.3 is 10.2 Å². The van der Waals surface area contributed by atoms with Crippen LogP contribution in [-0.2, 0) is 20.0 Å². The van der Waals surface area contributed by atoms with E-state index >= 15 is 0 Å². The number of hydrogen-bond acceptors (Lipinski definition) is 7. The molecule has 0 bridgehead atoms. The van der Waals surface area contributed by atoms with Crippen LogP contribution in [0.15, 0.2) is 48.8 Å². The molecule has 1 fully saturated rings. The van der Waals surface area contributed by atoms with Crippen LogP contribution in [-0.4, -0.2) is 59.9 Å². The third-order valence-corrected chi connectivity index (χ3v) is 8.39. The summed E-state index contributed by atoms with van der Waals surface area (Å²) in [4.78, 5) is 27.5. The lowest BCUT2D eigenvalue weighted by molar-refractivity contribution is -0.122. The fraction of sp³-hybridized carbons (Fsp3) is 0.417. The number of hydrogen-bond donors (Lipinski definition) is 1. The maximum atomic E-state index is 13.2. The lowest BCUT2D eigenvalue weighted by Crippen LogP contribution is -2.48. The summed E-state index contributed by atoms with van der Waals surface area (Å²) in [6.45, 7) is 4.76. The van der Waals surface area contributed by atoms with E-state index in [1.807, 2.05) is 30.9 Å². The standard InChI is InChI=1S/C24H28FN5O3S/c1-24(2,17-3-5-18(25)6-4-17)15-22(31)27-10-9-19-16-30(13-14-34(19,32)33)21-8-7-20-23(29-21)28-12-11-26-20/h3-8,11-12,19H,9-10,13-16H2,1-2H3,(H,27,31). The number of benzene rings is 1. The summed E-state index contributed by atoms with van der Waals surface area (Å²) in [5.41, 5.74) is 1.58. The number of carbonyl (C=O) groups is 1. The van der Waals surface area contributed by atoms with Crippen LogP contribution < -0.4 is 10.2 Å². The lowest BCUT2D eigenvalue weighted by atomic mass is 9.81. The van der Waals surface area contributed by atoms with Gasteiger partial charge in [0.05, 0.1) is 11.0 Å². The number of fused-ring (bicyclic) bond motifs is 1. The third-order valence-electron chi connectivity index (χ3n) is 6.24. The Morgan fingerprint density at radius 3 is 2.65 bits per heavy atom. The van der Waals surface area contributed by atoms with Gasteiger partial charge in [-0.05, 0) is 41.7 Å². The summed E-state index contributed by atoms with van der Waals surface area (Å²) < 4.78 is 38.6. The molecule has 0 aliphatic carbocycles. The molecular weight excluding hydrogens is 457 g/mol. The molecule has 1 aliphatic rings. The summed E-state index contributed by atoms with van der Waals surface area (Å²) in [5, 5.41) is 2.25. The molecule has 1 N–H and O–H groups in total. The average molecular weight is 486 g/mol. The van der Waals surface area contributed by atoms with Crippen molar-refractivity contribution in [3.63, 3.8) is 0 Å². The number of pyridine rings is 1. The molecule has 1 aromatic carbocycles. The Hall–Kier alpha value is -3.14. The Morgan fingerprint density at radius 1 is 1.15 bits per heavy atom. The molecule has 3 aromatic rings. The monoisotopic (exact) mass is 485 g/mol. The summed E-state index contributed by atoms with van der Waals surface area (Å²) >= 11 is 0. The Labute approximate surface area is 198 Å². The van der Waals surface area contributed by atoms with Crippen molar-refractivity contribution in [1.82, 2.24) is 20.3 Å². The molecule has 180 valence electrons. The van der Waals surface area contributed by atoms with E-state index in [9.17, 15) is 17.6 Å². The summed E-state index contributed by atoms with van der Waals surface area (Å²) in [5.74, 6) is 0.203. The first-order chi connectivity index (χ1) is 16.1. The zero-order valence-electron chi connectivity index (χ0n) is 19.2. The maximum Gasteiger partial charge on any atom is 0.220 e. The normalized spacial score (nSPS) is 18.1. The van der Waals surface area contributed by atoms with Crippen molar-refractivity contribution in [3.05, 3.63) is 60.2 Å². The van der Waals surface area contributed by atoms with Crippen molar-refractivity contribution < 1.29 is 17.6 Å². The van der Waals surface area contributed by atoms with Crippen molar-refractivity contribution >= 4 is 32.7 Å². The van der Waals surface area contributed by atoms with Crippen LogP contribution in [0.25, 0.3) is 11.2 Å². The fourth-order valence-corrected chi connectivity index (χ4v) is 5.89. The molecule has 0 saturated carbocycles. The smallest absolute Gasteiger partial charge is 0.220 e. The van der Waals surface area contributed by atoms with E-state index < -0.39 is 20.5 Å². The van der Waals surface area contributed by atoms with E-state index in [1.165, 1.54) is 12.1 Å². The van der Waals surface area contributed by atoms with Gasteiger partial charge in [-0.2, -0.15) is 0 Å². The first-order valence-electron chi connectivity index (χ1n) is 11.2. The highest BCUT2D eigenvalue weighted by atomic mass is 32.2. The van der Waals surface area contributed by atoms with E-state index in [-0.39, 0.29) is 30.4 Å². The van der Waals surface area contributed by atoms with Crippen molar-refractivity contribution in [2.45, 2.75) is 37.4 Å². The quantitative estimate of drug-likeness (QED) is 0.548. The third kappa shape index (κ3) is 5.49. The predicted octanol–water partition coefficient (Wildman–Crippen LogP) is 2.64. The Balaban J connectivity index is 1.35. The highest BCUT2D eigenvalue weighted by Gasteiger charge is 2.33. The van der Waals surface area contributed by atoms with Gasteiger partial charge in [-0.25, -0.2) is 22.8 Å². The molecular formula is C24H28FN5O3S. The van der Waals surface area contributed by atoms with Crippen molar-refractivity contribution in [3.8, 4) is 0 Å². The van der Waals surface area contributed by atoms with Crippen molar-refractivity contribution in [2.24, 2.45) is 0 Å². The van der Waals surface area contributed by atoms with E-state index in [4.69, 9.17) is 0 Å². The van der Waals surface area contributed by atoms with Gasteiger partial charge in [0.2, 0.25) is 5.91 Å². The first kappa shape index (κ1) is 24.0. The number of nitrogens with zero attached hydrogens (tertiary/aromatic N) is 4. The molecule has 2 aromatic heterocycles. The van der Waals surface area contributed by atoms with Gasteiger partial charge in [-0.1, -0.05) is 26.0 Å². The molecule has 34 heavy (non-hydrogen) atoms. The average Bonchev–Trinajstić information content (AvgIpc) is 2.80. The van der Waals surface area contributed by atoms with Crippen LogP contribution in [0.2, 0.25) is 0 Å². The second kappa shape index (κ2) is 9.61. The molecule has 3 heterocycles. The van der Waals surface area contributed by atoms with Crippen LogP contribution in [0, 0.1) is 5.82 Å². The van der Waals surface area contributed by atoms with E-state index in [0.29, 0.717) is 36.5 Å². The van der Waals surface area contributed by atoms with E-state index in [2.05, 4.69) is 20.3 Å². The Kier molecular flexibility index (Phi) is 6.79. The number of rotatable bonds is 7. The largest absolute Gasteiger partial charge is 0.356 e. The number of halogens is 1. The van der Waals surface area contributed by atoms with Crippen molar-refractivity contribution in [2.75, 3.05) is 30.3 Å². The minimum absolute atomic E-state index is 0.0311. The molecule has 1 aliphatic heterocycles. The van der Waals surface area contributed by atoms with Gasteiger partial charge in [-0.3, -0.25) is 9.78 Å². The molecule has 4 rings (SSSR count). The highest BCUT2D eigenvalue weighted by Crippen LogP contribution is 2.27. The minimum Gasteiger partial charge on any atom is -0.356 e. The zero-order valence-corrected chi connectivity index (χ0v) is 20.1. The molecule has 1 saturated heterocycles. The number of nitrogens with one attached hydrogen (secondary N) is 1. The molecule has 8 nitrogen and oxygen atoms in total. The van der Waals surface area contributed by atoms with E-state index in [1.54, 1.807) is 24.5 Å². The number of aromatic nitrogens is 3. The first-order valence-corrected chi connectivity index (χ1v) is 12.9. The van der Waals surface area contributed by atoms with Crippen LogP contribution in [0.5, 0.6) is 0 Å². The van der Waals surface area contributed by atoms with Crippen LogP contribution >= 0.6 is 0 Å². The molecule has 1 amide bonds. The number of amides is 1. The lowest BCUT2D eigenvalue weighted by Gasteiger charge is -2.33. The second-order valence-corrected chi connectivity index (χ2v) is 11.6. The molecule has 0 radical (unpaired) electrons. The number of anilines is 1. The summed E-state index contributed by atoms with van der Waals surface area (Å²) in [7, 11) is -3.27. The fourth-order valence-electron chi connectivity index (χ4n) is 4.19. The van der Waals surface area contributed by atoms with Gasteiger partial charge in [0.25, 0.3) is 0 Å². The van der Waals surface area contributed by atoms with Gasteiger partial charge in [0.15, 0.2) is 15.5 Å². The Bertz CT molecular complexity index is 1280. The van der Waals surface area contributed by atoms with Gasteiger partial charge in [0.1, 0.15) is 17.2 Å². The van der Waals surface area contributed by atoms with E-state index in [0.717, 1.165) is 5.56 Å². The van der Waals surface area contributed by atoms with Gasteiger partial charge in [0, 0.05) is 38.4 Å². The zero-order chi connectivity index (χ0) is 24.3.